The molecule has 1 aromatic carbocycles. The van der Waals surface area contributed by atoms with E-state index in [2.05, 4.69) is 55.6 Å². The standard InChI is InChI=1S/C14H23NS/c1-3-5-11-15(12-6-4-2)13-7-9-14(16)10-8-13/h7-10,16H,3-6,11-12H2,1-2H3. The summed E-state index contributed by atoms with van der Waals surface area (Å²) >= 11 is 4.32. The second-order valence-electron chi connectivity index (χ2n) is 4.21. The van der Waals surface area contributed by atoms with Gasteiger partial charge >= 0.3 is 0 Å². The van der Waals surface area contributed by atoms with Crippen LogP contribution in [0, 0.1) is 0 Å². The number of thiol groups is 1. The first-order chi connectivity index (χ1) is 7.77. The van der Waals surface area contributed by atoms with Crippen molar-refractivity contribution in [2.45, 2.75) is 44.4 Å². The number of unbranched alkanes of at least 4 members (excludes halogenated alkanes) is 2. The zero-order valence-electron chi connectivity index (χ0n) is 10.4. The smallest absolute Gasteiger partial charge is 0.0366 e. The van der Waals surface area contributed by atoms with E-state index in [1.54, 1.807) is 0 Å². The van der Waals surface area contributed by atoms with Crippen molar-refractivity contribution in [3.05, 3.63) is 24.3 Å². The predicted molar refractivity (Wildman–Crippen MR) is 75.7 cm³/mol. The topological polar surface area (TPSA) is 3.24 Å². The quantitative estimate of drug-likeness (QED) is 0.689. The van der Waals surface area contributed by atoms with Crippen molar-refractivity contribution in [2.24, 2.45) is 0 Å². The van der Waals surface area contributed by atoms with Gasteiger partial charge in [0.15, 0.2) is 0 Å². The fraction of sp³-hybridized carbons (Fsp3) is 0.571. The number of benzene rings is 1. The van der Waals surface area contributed by atoms with Crippen LogP contribution in [0.2, 0.25) is 0 Å². The molecule has 0 aliphatic carbocycles. The summed E-state index contributed by atoms with van der Waals surface area (Å²) < 4.78 is 0. The highest BCUT2D eigenvalue weighted by atomic mass is 32.1. The van der Waals surface area contributed by atoms with Gasteiger partial charge < -0.3 is 4.90 Å². The van der Waals surface area contributed by atoms with Crippen LogP contribution < -0.4 is 4.90 Å². The van der Waals surface area contributed by atoms with Gasteiger partial charge in [-0.25, -0.2) is 0 Å². The molecule has 0 amide bonds. The first kappa shape index (κ1) is 13.4. The lowest BCUT2D eigenvalue weighted by Gasteiger charge is -2.24. The molecule has 0 aromatic heterocycles. The van der Waals surface area contributed by atoms with Gasteiger partial charge in [-0.05, 0) is 37.1 Å². The zero-order valence-corrected chi connectivity index (χ0v) is 11.3. The Labute approximate surface area is 105 Å². The minimum absolute atomic E-state index is 1.04. The monoisotopic (exact) mass is 237 g/mol. The van der Waals surface area contributed by atoms with Crippen molar-refractivity contribution in [2.75, 3.05) is 18.0 Å². The number of nitrogens with zero attached hydrogens (tertiary/aromatic N) is 1. The lowest BCUT2D eigenvalue weighted by Crippen LogP contribution is -2.25. The summed E-state index contributed by atoms with van der Waals surface area (Å²) in [5, 5.41) is 0. The second-order valence-corrected chi connectivity index (χ2v) is 4.73. The molecule has 0 unspecified atom stereocenters. The van der Waals surface area contributed by atoms with Crippen LogP contribution in [-0.2, 0) is 0 Å². The van der Waals surface area contributed by atoms with Crippen LogP contribution in [0.5, 0.6) is 0 Å². The largest absolute Gasteiger partial charge is 0.372 e. The van der Waals surface area contributed by atoms with E-state index < -0.39 is 0 Å². The third-order valence-electron chi connectivity index (χ3n) is 2.78. The van der Waals surface area contributed by atoms with Crippen molar-refractivity contribution in [1.82, 2.24) is 0 Å². The van der Waals surface area contributed by atoms with E-state index in [9.17, 15) is 0 Å². The fourth-order valence-electron chi connectivity index (χ4n) is 1.73. The van der Waals surface area contributed by atoms with Gasteiger partial charge in [0.1, 0.15) is 0 Å². The van der Waals surface area contributed by atoms with E-state index in [1.165, 1.54) is 44.5 Å². The molecule has 90 valence electrons. The molecule has 1 rings (SSSR count). The minimum atomic E-state index is 1.04. The molecule has 0 N–H and O–H groups in total. The van der Waals surface area contributed by atoms with Crippen LogP contribution in [0.25, 0.3) is 0 Å². The molecule has 0 aliphatic rings. The van der Waals surface area contributed by atoms with E-state index in [-0.39, 0.29) is 0 Å². The van der Waals surface area contributed by atoms with Crippen LogP contribution in [-0.4, -0.2) is 13.1 Å². The summed E-state index contributed by atoms with van der Waals surface area (Å²) in [5.41, 5.74) is 1.33. The highest BCUT2D eigenvalue weighted by Gasteiger charge is 2.04. The molecular weight excluding hydrogens is 214 g/mol. The van der Waals surface area contributed by atoms with Crippen LogP contribution in [0.15, 0.2) is 29.2 Å². The third-order valence-corrected chi connectivity index (χ3v) is 3.08. The Balaban J connectivity index is 2.62. The fourth-order valence-corrected chi connectivity index (χ4v) is 1.88. The molecule has 0 fully saturated rings. The van der Waals surface area contributed by atoms with Gasteiger partial charge in [-0.3, -0.25) is 0 Å². The third kappa shape index (κ3) is 4.48. The maximum Gasteiger partial charge on any atom is 0.0366 e. The Morgan fingerprint density at radius 1 is 0.938 bits per heavy atom. The van der Waals surface area contributed by atoms with Gasteiger partial charge in [-0.15, -0.1) is 12.6 Å². The average molecular weight is 237 g/mol. The maximum atomic E-state index is 4.32. The van der Waals surface area contributed by atoms with Gasteiger partial charge in [-0.1, -0.05) is 26.7 Å². The Morgan fingerprint density at radius 3 is 1.88 bits per heavy atom. The van der Waals surface area contributed by atoms with Crippen LogP contribution in [0.4, 0.5) is 5.69 Å². The van der Waals surface area contributed by atoms with Crippen LogP contribution in [0.1, 0.15) is 39.5 Å². The molecule has 0 saturated heterocycles. The second kappa shape index (κ2) is 7.61. The summed E-state index contributed by atoms with van der Waals surface area (Å²) in [6, 6.07) is 8.49. The molecule has 1 nitrogen and oxygen atoms in total. The summed E-state index contributed by atoms with van der Waals surface area (Å²) in [4.78, 5) is 3.52. The van der Waals surface area contributed by atoms with Gasteiger partial charge in [0.05, 0.1) is 0 Å². The van der Waals surface area contributed by atoms with Crippen molar-refractivity contribution in [1.29, 1.82) is 0 Å². The summed E-state index contributed by atoms with van der Waals surface area (Å²) in [5.74, 6) is 0. The van der Waals surface area contributed by atoms with Crippen LogP contribution >= 0.6 is 12.6 Å². The minimum Gasteiger partial charge on any atom is -0.372 e. The number of hydrogen-bond acceptors (Lipinski definition) is 2. The Kier molecular flexibility index (Phi) is 6.39. The van der Waals surface area contributed by atoms with E-state index in [0.717, 1.165) is 4.90 Å². The van der Waals surface area contributed by atoms with Crippen molar-refractivity contribution in [3.63, 3.8) is 0 Å². The lowest BCUT2D eigenvalue weighted by atomic mass is 10.2. The molecule has 16 heavy (non-hydrogen) atoms. The van der Waals surface area contributed by atoms with E-state index in [0.29, 0.717) is 0 Å². The van der Waals surface area contributed by atoms with Gasteiger partial charge in [0.25, 0.3) is 0 Å². The SMILES string of the molecule is CCCCN(CCCC)c1ccc(S)cc1. The molecule has 0 radical (unpaired) electrons. The van der Waals surface area contributed by atoms with Gasteiger partial charge in [0, 0.05) is 23.7 Å². The summed E-state index contributed by atoms with van der Waals surface area (Å²) in [6.07, 6.45) is 5.05. The maximum absolute atomic E-state index is 4.32. The van der Waals surface area contributed by atoms with Crippen molar-refractivity contribution >= 4 is 18.3 Å². The molecule has 0 atom stereocenters. The molecule has 2 heteroatoms. The first-order valence-electron chi connectivity index (χ1n) is 6.32. The molecule has 1 aromatic rings. The highest BCUT2D eigenvalue weighted by Crippen LogP contribution is 2.18. The normalized spacial score (nSPS) is 10.4. The predicted octanol–water partition coefficient (Wildman–Crippen LogP) is 4.38. The summed E-state index contributed by atoms with van der Waals surface area (Å²) in [6.45, 7) is 6.83. The van der Waals surface area contributed by atoms with Crippen LogP contribution in [0.3, 0.4) is 0 Å². The molecule has 0 aliphatic heterocycles. The Morgan fingerprint density at radius 2 is 1.44 bits per heavy atom. The molecule has 0 saturated carbocycles. The van der Waals surface area contributed by atoms with E-state index in [4.69, 9.17) is 0 Å². The summed E-state index contributed by atoms with van der Waals surface area (Å²) in [7, 11) is 0. The molecule has 0 spiro atoms. The molecule has 0 bridgehead atoms. The van der Waals surface area contributed by atoms with E-state index >= 15 is 0 Å². The highest BCUT2D eigenvalue weighted by molar-refractivity contribution is 7.80. The molecular formula is C14H23NS. The average Bonchev–Trinajstić information content (AvgIpc) is 2.31. The number of hydrogen-bond donors (Lipinski definition) is 1. The number of anilines is 1. The zero-order chi connectivity index (χ0) is 11.8. The number of rotatable bonds is 7. The Bertz CT molecular complexity index is 273. The lowest BCUT2D eigenvalue weighted by molar-refractivity contribution is 0.678. The van der Waals surface area contributed by atoms with E-state index in [1.807, 2.05) is 0 Å². The Hall–Kier alpha value is -0.630. The van der Waals surface area contributed by atoms with Crippen molar-refractivity contribution in [3.8, 4) is 0 Å². The van der Waals surface area contributed by atoms with Gasteiger partial charge in [-0.2, -0.15) is 0 Å². The molecule has 0 heterocycles. The van der Waals surface area contributed by atoms with Crippen molar-refractivity contribution < 1.29 is 0 Å². The van der Waals surface area contributed by atoms with Gasteiger partial charge in [0.2, 0.25) is 0 Å². The first-order valence-corrected chi connectivity index (χ1v) is 6.76.